The van der Waals surface area contributed by atoms with Gasteiger partial charge < -0.3 is 9.50 Å². The summed E-state index contributed by atoms with van der Waals surface area (Å²) in [5.41, 5.74) is -4.51. The number of hydrogen-bond acceptors (Lipinski definition) is 5. The van der Waals surface area contributed by atoms with Crippen molar-refractivity contribution in [1.29, 1.82) is 0 Å². The summed E-state index contributed by atoms with van der Waals surface area (Å²) < 4.78 is 63.0. The van der Waals surface area contributed by atoms with Gasteiger partial charge in [-0.3, -0.25) is 4.98 Å². The third-order valence-corrected chi connectivity index (χ3v) is 3.89. The van der Waals surface area contributed by atoms with E-state index in [1.165, 1.54) is 6.07 Å². The fraction of sp³-hybridized carbons (Fsp3) is 0.545. The van der Waals surface area contributed by atoms with E-state index in [0.29, 0.717) is 17.9 Å². The van der Waals surface area contributed by atoms with Crippen molar-refractivity contribution in [3.8, 4) is 5.75 Å². The Hall–Kier alpha value is -1.35. The molecular weight excluding hydrogens is 297 g/mol. The zero-order valence-corrected chi connectivity index (χ0v) is 11.4. The van der Waals surface area contributed by atoms with Gasteiger partial charge in [0.05, 0.1) is 0 Å². The van der Waals surface area contributed by atoms with Crippen molar-refractivity contribution in [1.82, 2.24) is 10.3 Å². The Morgan fingerprint density at radius 2 is 2.10 bits per heavy atom. The molecule has 1 saturated heterocycles. The van der Waals surface area contributed by atoms with E-state index in [2.05, 4.69) is 14.5 Å². The molecule has 2 heterocycles. The Morgan fingerprint density at radius 3 is 2.65 bits per heavy atom. The largest absolute Gasteiger partial charge is 0.534 e. The summed E-state index contributed by atoms with van der Waals surface area (Å²) in [6, 6.07) is 2.41. The molecule has 5 nitrogen and oxygen atoms in total. The number of nitrogens with one attached hydrogen (secondary N) is 1. The Labute approximate surface area is 114 Å². The van der Waals surface area contributed by atoms with Crippen LogP contribution in [-0.4, -0.2) is 32.0 Å². The predicted octanol–water partition coefficient (Wildman–Crippen LogP) is 1.70. The number of nitrogens with zero attached hydrogens (tertiary/aromatic N) is 1. The van der Waals surface area contributed by atoms with E-state index in [1.54, 1.807) is 6.92 Å². The van der Waals surface area contributed by atoms with Crippen LogP contribution in [0.4, 0.5) is 13.2 Å². The van der Waals surface area contributed by atoms with E-state index < -0.39 is 15.6 Å². The summed E-state index contributed by atoms with van der Waals surface area (Å²) in [4.78, 5) is 4.21. The minimum absolute atomic E-state index is 0.0471. The Balaban J connectivity index is 2.29. The first-order valence-corrected chi connectivity index (χ1v) is 7.30. The van der Waals surface area contributed by atoms with Crippen molar-refractivity contribution < 1.29 is 25.8 Å². The number of alkyl halides is 3. The first-order chi connectivity index (χ1) is 9.19. The van der Waals surface area contributed by atoms with E-state index >= 15 is 0 Å². The first-order valence-electron chi connectivity index (χ1n) is 5.89. The van der Waals surface area contributed by atoms with Gasteiger partial charge in [0.2, 0.25) is 0 Å². The molecule has 0 aliphatic carbocycles. The van der Waals surface area contributed by atoms with E-state index in [-0.39, 0.29) is 11.7 Å². The zero-order chi connectivity index (χ0) is 15.0. The van der Waals surface area contributed by atoms with Crippen LogP contribution in [0.5, 0.6) is 5.75 Å². The zero-order valence-electron chi connectivity index (χ0n) is 10.6. The van der Waals surface area contributed by atoms with Crippen LogP contribution >= 0.6 is 0 Å². The first kappa shape index (κ1) is 15.0. The molecular formula is C11H13F3N2O3S. The lowest BCUT2D eigenvalue weighted by Crippen LogP contribution is -2.28. The van der Waals surface area contributed by atoms with Crippen LogP contribution in [0.2, 0.25) is 0 Å². The molecule has 2 rings (SSSR count). The lowest BCUT2D eigenvalue weighted by atomic mass is 10.0. The smallest absolute Gasteiger partial charge is 0.376 e. The van der Waals surface area contributed by atoms with Crippen LogP contribution in [0, 0.1) is 6.92 Å². The van der Waals surface area contributed by atoms with Crippen LogP contribution < -0.4 is 9.50 Å². The highest BCUT2D eigenvalue weighted by Crippen LogP contribution is 2.29. The highest BCUT2D eigenvalue weighted by atomic mass is 32.2. The predicted molar refractivity (Wildman–Crippen MR) is 64.8 cm³/mol. The maximum absolute atomic E-state index is 12.3. The normalized spacial score (nSPS) is 20.1. The van der Waals surface area contributed by atoms with Gasteiger partial charge in [0, 0.05) is 36.0 Å². The molecule has 1 unspecified atom stereocenters. The molecule has 112 valence electrons. The van der Waals surface area contributed by atoms with Crippen LogP contribution in [0.15, 0.2) is 12.1 Å². The summed E-state index contributed by atoms with van der Waals surface area (Å²) in [5.74, 6) is -0.317. The second-order valence-corrected chi connectivity index (χ2v) is 6.08. The number of aryl methyl sites for hydroxylation is 1. The minimum atomic E-state index is -5.65. The fourth-order valence-electron chi connectivity index (χ4n) is 2.00. The third-order valence-electron chi connectivity index (χ3n) is 2.91. The molecule has 20 heavy (non-hydrogen) atoms. The average molecular weight is 310 g/mol. The van der Waals surface area contributed by atoms with Crippen molar-refractivity contribution in [3.63, 3.8) is 0 Å². The molecule has 1 aromatic rings. The fourth-order valence-corrected chi connectivity index (χ4v) is 2.44. The lowest BCUT2D eigenvalue weighted by molar-refractivity contribution is -0.0500. The number of aromatic nitrogens is 1. The number of halogens is 3. The molecule has 0 spiro atoms. The molecule has 0 bridgehead atoms. The summed E-state index contributed by atoms with van der Waals surface area (Å²) >= 11 is 0. The molecule has 9 heteroatoms. The SMILES string of the molecule is Cc1cc(OS(=O)(=O)C(F)(F)F)cc(C2CCNC2)n1. The summed E-state index contributed by atoms with van der Waals surface area (Å²) in [6.45, 7) is 3.01. The number of rotatable bonds is 3. The second-order valence-electron chi connectivity index (χ2n) is 4.54. The van der Waals surface area contributed by atoms with Crippen molar-refractivity contribution in [2.24, 2.45) is 0 Å². The third kappa shape index (κ3) is 3.21. The minimum Gasteiger partial charge on any atom is -0.376 e. The van der Waals surface area contributed by atoms with E-state index in [1.807, 2.05) is 0 Å². The summed E-state index contributed by atoms with van der Waals surface area (Å²) in [6.07, 6.45) is 0.794. The van der Waals surface area contributed by atoms with Crippen molar-refractivity contribution in [2.45, 2.75) is 24.8 Å². The molecule has 1 aromatic heterocycles. The standard InChI is InChI=1S/C11H13F3N2O3S/c1-7-4-9(19-20(17,18)11(12,13)14)5-10(16-7)8-2-3-15-6-8/h4-5,8,15H,2-3,6H2,1H3. The lowest BCUT2D eigenvalue weighted by Gasteiger charge is -2.13. The molecule has 0 radical (unpaired) electrons. The van der Waals surface area contributed by atoms with Gasteiger partial charge in [-0.05, 0) is 19.9 Å². The molecule has 1 fully saturated rings. The van der Waals surface area contributed by atoms with Crippen molar-refractivity contribution in [2.75, 3.05) is 13.1 Å². The van der Waals surface area contributed by atoms with Gasteiger partial charge in [-0.1, -0.05) is 0 Å². The maximum Gasteiger partial charge on any atom is 0.534 e. The molecule has 0 saturated carbocycles. The van der Waals surface area contributed by atoms with E-state index in [0.717, 1.165) is 19.0 Å². The van der Waals surface area contributed by atoms with Gasteiger partial charge in [-0.2, -0.15) is 21.6 Å². The van der Waals surface area contributed by atoms with Gasteiger partial charge in [-0.15, -0.1) is 0 Å². The van der Waals surface area contributed by atoms with Gasteiger partial charge in [0.1, 0.15) is 5.75 Å². The summed E-state index contributed by atoms with van der Waals surface area (Å²) in [7, 11) is -5.65. The number of pyridine rings is 1. The van der Waals surface area contributed by atoms with Crippen LogP contribution in [-0.2, 0) is 10.1 Å². The summed E-state index contributed by atoms with van der Waals surface area (Å²) in [5, 5.41) is 3.10. The van der Waals surface area contributed by atoms with Crippen molar-refractivity contribution in [3.05, 3.63) is 23.5 Å². The Morgan fingerprint density at radius 1 is 1.40 bits per heavy atom. The maximum atomic E-state index is 12.3. The van der Waals surface area contributed by atoms with Crippen LogP contribution in [0.1, 0.15) is 23.7 Å². The topological polar surface area (TPSA) is 68.3 Å². The average Bonchev–Trinajstić information content (AvgIpc) is 2.78. The van der Waals surface area contributed by atoms with Gasteiger partial charge in [0.25, 0.3) is 0 Å². The van der Waals surface area contributed by atoms with Gasteiger partial charge in [-0.25, -0.2) is 0 Å². The quantitative estimate of drug-likeness (QED) is 0.680. The van der Waals surface area contributed by atoms with Crippen LogP contribution in [0.25, 0.3) is 0 Å². The molecule has 1 aliphatic rings. The van der Waals surface area contributed by atoms with E-state index in [9.17, 15) is 21.6 Å². The molecule has 1 atom stereocenters. The molecule has 0 aromatic carbocycles. The van der Waals surface area contributed by atoms with Gasteiger partial charge >= 0.3 is 15.6 Å². The number of hydrogen-bond donors (Lipinski definition) is 1. The van der Waals surface area contributed by atoms with Crippen LogP contribution in [0.3, 0.4) is 0 Å². The highest BCUT2D eigenvalue weighted by Gasteiger charge is 2.48. The Kier molecular flexibility index (Phi) is 3.92. The van der Waals surface area contributed by atoms with Crippen molar-refractivity contribution >= 4 is 10.1 Å². The second kappa shape index (κ2) is 5.21. The monoisotopic (exact) mass is 310 g/mol. The van der Waals surface area contributed by atoms with E-state index in [4.69, 9.17) is 0 Å². The Bertz CT molecular complexity index is 595. The van der Waals surface area contributed by atoms with Gasteiger partial charge in [0.15, 0.2) is 0 Å². The molecule has 0 amide bonds. The molecule has 1 N–H and O–H groups in total. The highest BCUT2D eigenvalue weighted by molar-refractivity contribution is 7.87. The molecule has 1 aliphatic heterocycles.